The Morgan fingerprint density at radius 1 is 0.950 bits per heavy atom. The summed E-state index contributed by atoms with van der Waals surface area (Å²) in [7, 11) is 0. The van der Waals surface area contributed by atoms with Gasteiger partial charge in [-0.25, -0.2) is 0 Å². The summed E-state index contributed by atoms with van der Waals surface area (Å²) in [6, 6.07) is 14.4. The van der Waals surface area contributed by atoms with Gasteiger partial charge in [-0.15, -0.1) is 10.2 Å². The van der Waals surface area contributed by atoms with Crippen molar-refractivity contribution in [2.45, 2.75) is 13.8 Å². The van der Waals surface area contributed by atoms with E-state index in [1.165, 1.54) is 5.69 Å². The fraction of sp³-hybridized carbons (Fsp3) is 0.250. The molecule has 0 spiro atoms. The topological polar surface area (TPSA) is 33.4 Å². The number of fused-ring (bicyclic) bond motifs is 1. The first-order valence-electron chi connectivity index (χ1n) is 6.98. The lowest BCUT2D eigenvalue weighted by atomic mass is 10.2. The zero-order valence-corrected chi connectivity index (χ0v) is 11.8. The van der Waals surface area contributed by atoms with E-state index >= 15 is 0 Å². The summed E-state index contributed by atoms with van der Waals surface area (Å²) in [5, 5.41) is 8.47. The van der Waals surface area contributed by atoms with Gasteiger partial charge >= 0.3 is 0 Å². The molecular weight excluding hydrogens is 248 g/mol. The first-order valence-corrected chi connectivity index (χ1v) is 6.98. The maximum Gasteiger partial charge on any atom is 0.168 e. The van der Waals surface area contributed by atoms with E-state index in [4.69, 9.17) is 0 Å². The van der Waals surface area contributed by atoms with Gasteiger partial charge in [0.05, 0.1) is 0 Å². The van der Waals surface area contributed by atoms with Crippen molar-refractivity contribution in [1.29, 1.82) is 0 Å². The zero-order chi connectivity index (χ0) is 13.9. The van der Waals surface area contributed by atoms with E-state index in [1.54, 1.807) is 0 Å². The molecule has 0 bridgehead atoms. The molecule has 0 atom stereocenters. The highest BCUT2D eigenvalue weighted by atomic mass is 15.2. The number of nitrogens with zero attached hydrogens (tertiary/aromatic N) is 4. The van der Waals surface area contributed by atoms with Crippen molar-refractivity contribution in [3.63, 3.8) is 0 Å². The molecule has 4 heteroatoms. The number of hydrogen-bond donors (Lipinski definition) is 0. The van der Waals surface area contributed by atoms with Crippen LogP contribution in [-0.4, -0.2) is 27.7 Å². The fourth-order valence-electron chi connectivity index (χ4n) is 2.45. The van der Waals surface area contributed by atoms with Crippen molar-refractivity contribution in [3.05, 3.63) is 48.7 Å². The van der Waals surface area contributed by atoms with Crippen LogP contribution in [0.2, 0.25) is 0 Å². The predicted octanol–water partition coefficient (Wildman–Crippen LogP) is 3.24. The first-order chi connectivity index (χ1) is 9.83. The minimum atomic E-state index is 0.871. The minimum Gasteiger partial charge on any atom is -0.372 e. The Bertz CT molecular complexity index is 696. The van der Waals surface area contributed by atoms with E-state index in [9.17, 15) is 0 Å². The molecule has 0 radical (unpaired) electrons. The van der Waals surface area contributed by atoms with Gasteiger partial charge in [-0.3, -0.25) is 4.40 Å². The molecule has 102 valence electrons. The number of aromatic nitrogens is 3. The van der Waals surface area contributed by atoms with Gasteiger partial charge in [0.25, 0.3) is 0 Å². The summed E-state index contributed by atoms with van der Waals surface area (Å²) in [6.45, 7) is 6.38. The molecule has 0 N–H and O–H groups in total. The average molecular weight is 266 g/mol. The van der Waals surface area contributed by atoms with Crippen LogP contribution in [0.3, 0.4) is 0 Å². The van der Waals surface area contributed by atoms with Gasteiger partial charge in [0.1, 0.15) is 0 Å². The second kappa shape index (κ2) is 5.33. The molecular formula is C16H18N4. The third kappa shape index (κ3) is 2.13. The van der Waals surface area contributed by atoms with Gasteiger partial charge in [0.2, 0.25) is 0 Å². The lowest BCUT2D eigenvalue weighted by Crippen LogP contribution is -2.21. The second-order valence-electron chi connectivity index (χ2n) is 4.67. The Morgan fingerprint density at radius 2 is 1.70 bits per heavy atom. The highest BCUT2D eigenvalue weighted by Crippen LogP contribution is 2.22. The van der Waals surface area contributed by atoms with Crippen molar-refractivity contribution in [2.75, 3.05) is 18.0 Å². The van der Waals surface area contributed by atoms with Gasteiger partial charge < -0.3 is 4.90 Å². The number of rotatable bonds is 4. The van der Waals surface area contributed by atoms with Gasteiger partial charge in [0, 0.05) is 30.5 Å². The number of anilines is 1. The minimum absolute atomic E-state index is 0.871. The van der Waals surface area contributed by atoms with E-state index in [2.05, 4.69) is 53.2 Å². The van der Waals surface area contributed by atoms with Crippen LogP contribution in [0, 0.1) is 0 Å². The predicted molar refractivity (Wildman–Crippen MR) is 82.0 cm³/mol. The maximum atomic E-state index is 4.28. The molecule has 3 rings (SSSR count). The Balaban J connectivity index is 1.99. The molecule has 1 aromatic carbocycles. The van der Waals surface area contributed by atoms with E-state index in [0.29, 0.717) is 0 Å². The molecule has 0 saturated heterocycles. The standard InChI is InChI=1S/C16H18N4/c1-3-19(4-2)14-10-8-13(9-11-14)16-18-17-15-7-5-6-12-20(15)16/h5-12H,3-4H2,1-2H3. The van der Waals surface area contributed by atoms with Gasteiger partial charge in [-0.2, -0.15) is 0 Å². The summed E-state index contributed by atoms with van der Waals surface area (Å²) in [5.41, 5.74) is 3.20. The Kier molecular flexibility index (Phi) is 3.37. The molecule has 0 unspecified atom stereocenters. The second-order valence-corrected chi connectivity index (χ2v) is 4.67. The number of hydrogen-bond acceptors (Lipinski definition) is 3. The molecule has 0 amide bonds. The van der Waals surface area contributed by atoms with Crippen LogP contribution < -0.4 is 4.90 Å². The van der Waals surface area contributed by atoms with Crippen molar-refractivity contribution in [1.82, 2.24) is 14.6 Å². The van der Waals surface area contributed by atoms with Crippen LogP contribution in [0.5, 0.6) is 0 Å². The van der Waals surface area contributed by atoms with Crippen LogP contribution >= 0.6 is 0 Å². The van der Waals surface area contributed by atoms with Crippen molar-refractivity contribution in [3.8, 4) is 11.4 Å². The van der Waals surface area contributed by atoms with Crippen molar-refractivity contribution < 1.29 is 0 Å². The largest absolute Gasteiger partial charge is 0.372 e. The Labute approximate surface area is 118 Å². The highest BCUT2D eigenvalue weighted by molar-refractivity contribution is 5.63. The third-order valence-electron chi connectivity index (χ3n) is 3.57. The summed E-state index contributed by atoms with van der Waals surface area (Å²) in [4.78, 5) is 2.33. The number of benzene rings is 1. The number of pyridine rings is 1. The third-order valence-corrected chi connectivity index (χ3v) is 3.57. The highest BCUT2D eigenvalue weighted by Gasteiger charge is 2.08. The van der Waals surface area contributed by atoms with Crippen LogP contribution in [0.15, 0.2) is 48.7 Å². The molecule has 2 heterocycles. The lowest BCUT2D eigenvalue weighted by molar-refractivity contribution is 0.866. The summed E-state index contributed by atoms with van der Waals surface area (Å²) >= 11 is 0. The normalized spacial score (nSPS) is 10.9. The van der Waals surface area contributed by atoms with Crippen LogP contribution in [-0.2, 0) is 0 Å². The van der Waals surface area contributed by atoms with Gasteiger partial charge in [0.15, 0.2) is 11.5 Å². The van der Waals surface area contributed by atoms with E-state index in [0.717, 1.165) is 30.1 Å². The van der Waals surface area contributed by atoms with Gasteiger partial charge in [-0.1, -0.05) is 6.07 Å². The van der Waals surface area contributed by atoms with Crippen LogP contribution in [0.4, 0.5) is 5.69 Å². The Hall–Kier alpha value is -2.36. The molecule has 0 aliphatic carbocycles. The molecule has 0 fully saturated rings. The molecule has 20 heavy (non-hydrogen) atoms. The lowest BCUT2D eigenvalue weighted by Gasteiger charge is -2.20. The maximum absolute atomic E-state index is 4.28. The van der Waals surface area contributed by atoms with Crippen LogP contribution in [0.25, 0.3) is 17.0 Å². The molecule has 4 nitrogen and oxygen atoms in total. The van der Waals surface area contributed by atoms with E-state index < -0.39 is 0 Å². The molecule has 0 aliphatic heterocycles. The zero-order valence-electron chi connectivity index (χ0n) is 11.8. The van der Waals surface area contributed by atoms with E-state index in [1.807, 2.05) is 28.8 Å². The monoisotopic (exact) mass is 266 g/mol. The average Bonchev–Trinajstić information content (AvgIpc) is 2.93. The summed E-state index contributed by atoms with van der Waals surface area (Å²) in [5.74, 6) is 0.881. The molecule has 2 aromatic heterocycles. The molecule has 3 aromatic rings. The fourth-order valence-corrected chi connectivity index (χ4v) is 2.45. The smallest absolute Gasteiger partial charge is 0.168 e. The SMILES string of the molecule is CCN(CC)c1ccc(-c2nnc3ccccn23)cc1. The van der Waals surface area contributed by atoms with Gasteiger partial charge in [-0.05, 0) is 50.2 Å². The molecule has 0 aliphatic rings. The summed E-state index contributed by atoms with van der Waals surface area (Å²) < 4.78 is 2.01. The quantitative estimate of drug-likeness (QED) is 0.727. The summed E-state index contributed by atoms with van der Waals surface area (Å²) in [6.07, 6.45) is 1.99. The van der Waals surface area contributed by atoms with Crippen molar-refractivity contribution in [2.24, 2.45) is 0 Å². The first kappa shape index (κ1) is 12.7. The van der Waals surface area contributed by atoms with Crippen LogP contribution in [0.1, 0.15) is 13.8 Å². The van der Waals surface area contributed by atoms with E-state index in [-0.39, 0.29) is 0 Å². The van der Waals surface area contributed by atoms with Crippen molar-refractivity contribution >= 4 is 11.3 Å². The Morgan fingerprint density at radius 3 is 2.40 bits per heavy atom. The molecule has 0 saturated carbocycles.